The van der Waals surface area contributed by atoms with Crippen molar-refractivity contribution < 1.29 is 14.3 Å². The van der Waals surface area contributed by atoms with Gasteiger partial charge in [0.25, 0.3) is 0 Å². The van der Waals surface area contributed by atoms with E-state index in [4.69, 9.17) is 5.11 Å². The summed E-state index contributed by atoms with van der Waals surface area (Å²) < 4.78 is 13.8. The van der Waals surface area contributed by atoms with Gasteiger partial charge in [0.15, 0.2) is 0 Å². The molecule has 0 amide bonds. The number of carboxylic acids is 1. The Hall–Kier alpha value is -1.20. The van der Waals surface area contributed by atoms with Crippen molar-refractivity contribution >= 4 is 44.8 Å². The Morgan fingerprint density at radius 2 is 2.29 bits per heavy atom. The number of carbonyl (C=O) groups is 1. The van der Waals surface area contributed by atoms with Crippen molar-refractivity contribution in [2.75, 3.05) is 0 Å². The number of hydrogen-bond donors (Lipinski definition) is 1. The van der Waals surface area contributed by atoms with E-state index in [0.29, 0.717) is 4.88 Å². The van der Waals surface area contributed by atoms with Crippen LogP contribution < -0.4 is 0 Å². The highest BCUT2D eigenvalue weighted by Crippen LogP contribution is 2.30. The van der Waals surface area contributed by atoms with Gasteiger partial charge in [-0.2, -0.15) is 15.7 Å². The van der Waals surface area contributed by atoms with Crippen molar-refractivity contribution in [1.82, 2.24) is 0 Å². The molecule has 0 aromatic carbocycles. The number of rotatable bonds is 2. The summed E-state index contributed by atoms with van der Waals surface area (Å²) in [5, 5.41) is 13.3. The van der Waals surface area contributed by atoms with E-state index in [-0.39, 0.29) is 0 Å². The average molecular weight is 228 g/mol. The van der Waals surface area contributed by atoms with Gasteiger partial charge in [-0.25, -0.2) is 4.79 Å². The Bertz CT molecular complexity index is 481. The predicted octanol–water partition coefficient (Wildman–Crippen LogP) is 3.36. The molecule has 0 bridgehead atoms. The van der Waals surface area contributed by atoms with Gasteiger partial charge in [0.05, 0.1) is 0 Å². The first-order chi connectivity index (χ1) is 6.66. The van der Waals surface area contributed by atoms with Gasteiger partial charge in [0.2, 0.25) is 5.83 Å². The smallest absolute Gasteiger partial charge is 0.364 e. The Morgan fingerprint density at radius 1 is 1.50 bits per heavy atom. The Labute approximate surface area is 86.9 Å². The molecule has 2 rings (SSSR count). The van der Waals surface area contributed by atoms with Crippen LogP contribution in [-0.4, -0.2) is 11.1 Å². The molecule has 0 aliphatic rings. The summed E-state index contributed by atoms with van der Waals surface area (Å²) in [4.78, 5) is 10.8. The van der Waals surface area contributed by atoms with Gasteiger partial charge in [-0.15, -0.1) is 11.3 Å². The fraction of sp³-hybridized carbons (Fsp3) is 0. The quantitative estimate of drug-likeness (QED) is 0.800. The molecule has 2 heterocycles. The second kappa shape index (κ2) is 3.51. The van der Waals surface area contributed by atoms with Crippen LogP contribution in [0.15, 0.2) is 22.7 Å². The van der Waals surface area contributed by atoms with E-state index >= 15 is 0 Å². The lowest BCUT2D eigenvalue weighted by atomic mass is 10.3. The minimum absolute atomic E-state index is 0.628. The van der Waals surface area contributed by atoms with Crippen LogP contribution >= 0.6 is 22.7 Å². The van der Waals surface area contributed by atoms with E-state index < -0.39 is 11.8 Å². The van der Waals surface area contributed by atoms with Crippen molar-refractivity contribution in [3.8, 4) is 0 Å². The number of thiophene rings is 2. The molecule has 0 saturated heterocycles. The molecule has 0 radical (unpaired) electrons. The summed E-state index contributed by atoms with van der Waals surface area (Å²) in [7, 11) is 0. The molecule has 2 aromatic rings. The second-order valence-corrected chi connectivity index (χ2v) is 4.50. The number of fused-ring (bicyclic) bond motifs is 1. The lowest BCUT2D eigenvalue weighted by Gasteiger charge is -1.85. The molecule has 14 heavy (non-hydrogen) atoms. The first-order valence-electron chi connectivity index (χ1n) is 3.73. The maximum absolute atomic E-state index is 12.7. The molecule has 0 atom stereocenters. The van der Waals surface area contributed by atoms with Crippen molar-refractivity contribution in [3.63, 3.8) is 0 Å². The third kappa shape index (κ3) is 1.69. The predicted molar refractivity (Wildman–Crippen MR) is 56.4 cm³/mol. The van der Waals surface area contributed by atoms with E-state index in [1.807, 2.05) is 10.8 Å². The van der Waals surface area contributed by atoms with Gasteiger partial charge in [0, 0.05) is 20.3 Å². The Balaban J connectivity index is 2.40. The molecule has 2 nitrogen and oxygen atoms in total. The van der Waals surface area contributed by atoms with Crippen molar-refractivity contribution in [1.29, 1.82) is 0 Å². The zero-order valence-electron chi connectivity index (χ0n) is 6.86. The summed E-state index contributed by atoms with van der Waals surface area (Å²) in [6.07, 6.45) is 1.04. The minimum atomic E-state index is -1.53. The van der Waals surface area contributed by atoms with Gasteiger partial charge in [-0.3, -0.25) is 0 Å². The molecule has 0 aliphatic heterocycles. The van der Waals surface area contributed by atoms with E-state index in [9.17, 15) is 9.18 Å². The zero-order valence-corrected chi connectivity index (χ0v) is 8.49. The maximum atomic E-state index is 12.7. The summed E-state index contributed by atoms with van der Waals surface area (Å²) in [6, 6.07) is 1.78. The van der Waals surface area contributed by atoms with Crippen LogP contribution in [-0.2, 0) is 4.79 Å². The van der Waals surface area contributed by atoms with Crippen LogP contribution in [0.25, 0.3) is 16.2 Å². The maximum Gasteiger partial charge on any atom is 0.364 e. The minimum Gasteiger partial charge on any atom is -0.476 e. The van der Waals surface area contributed by atoms with Crippen LogP contribution in [0.3, 0.4) is 0 Å². The normalized spacial score (nSPS) is 12.2. The summed E-state index contributed by atoms with van der Waals surface area (Å²) in [5.41, 5.74) is 0. The average Bonchev–Trinajstić information content (AvgIpc) is 2.63. The highest BCUT2D eigenvalue weighted by Gasteiger charge is 2.07. The molecular formula is C9H5FO2S2. The molecule has 0 aliphatic carbocycles. The Kier molecular flexibility index (Phi) is 2.35. The van der Waals surface area contributed by atoms with Crippen molar-refractivity contribution in [2.24, 2.45) is 0 Å². The molecule has 1 N–H and O–H groups in total. The van der Waals surface area contributed by atoms with Gasteiger partial charge in [-0.1, -0.05) is 0 Å². The topological polar surface area (TPSA) is 37.3 Å². The number of halogens is 1. The first kappa shape index (κ1) is 9.36. The molecular weight excluding hydrogens is 223 g/mol. The standard InChI is InChI=1S/C9H5FO2S2/c10-7(9(11)12)2-6-1-5-3-13-4-8(5)14-6/h1-4H,(H,11,12)/b7-2-. The summed E-state index contributed by atoms with van der Waals surface area (Å²) in [6.45, 7) is 0. The Morgan fingerprint density at radius 3 is 2.93 bits per heavy atom. The van der Waals surface area contributed by atoms with Crippen LogP contribution in [0.2, 0.25) is 0 Å². The monoisotopic (exact) mass is 228 g/mol. The van der Waals surface area contributed by atoms with Gasteiger partial charge in [-0.05, 0) is 17.5 Å². The van der Waals surface area contributed by atoms with Crippen molar-refractivity contribution in [3.05, 3.63) is 27.5 Å². The van der Waals surface area contributed by atoms with Crippen molar-refractivity contribution in [2.45, 2.75) is 0 Å². The molecule has 72 valence electrons. The summed E-state index contributed by atoms with van der Waals surface area (Å²) in [5.74, 6) is -2.65. The SMILES string of the molecule is O=C(O)/C(F)=C/c1cc2cscc2s1. The number of aliphatic carboxylic acids is 1. The zero-order chi connectivity index (χ0) is 10.1. The van der Waals surface area contributed by atoms with Crippen LogP contribution in [0, 0.1) is 0 Å². The van der Waals surface area contributed by atoms with E-state index in [1.54, 1.807) is 17.4 Å². The van der Waals surface area contributed by atoms with Gasteiger partial charge in [0.1, 0.15) is 0 Å². The van der Waals surface area contributed by atoms with Crippen LogP contribution in [0.5, 0.6) is 0 Å². The van der Waals surface area contributed by atoms with E-state index in [0.717, 1.165) is 16.2 Å². The van der Waals surface area contributed by atoms with Gasteiger partial charge >= 0.3 is 5.97 Å². The third-order valence-electron chi connectivity index (χ3n) is 1.65. The van der Waals surface area contributed by atoms with Crippen LogP contribution in [0.4, 0.5) is 4.39 Å². The molecule has 0 saturated carbocycles. The second-order valence-electron chi connectivity index (χ2n) is 2.64. The van der Waals surface area contributed by atoms with E-state index in [2.05, 4.69) is 0 Å². The van der Waals surface area contributed by atoms with Gasteiger partial charge < -0.3 is 5.11 Å². The lowest BCUT2D eigenvalue weighted by Crippen LogP contribution is -1.93. The summed E-state index contributed by atoms with van der Waals surface area (Å²) >= 11 is 2.95. The fourth-order valence-electron chi connectivity index (χ4n) is 1.05. The third-order valence-corrected chi connectivity index (χ3v) is 3.61. The highest BCUT2D eigenvalue weighted by atomic mass is 32.1. The number of carboxylic acid groups (broad SMARTS) is 1. The van der Waals surface area contributed by atoms with Crippen LogP contribution in [0.1, 0.15) is 4.88 Å². The molecule has 0 fully saturated rings. The number of hydrogen-bond acceptors (Lipinski definition) is 3. The van der Waals surface area contributed by atoms with E-state index in [1.165, 1.54) is 11.3 Å². The lowest BCUT2D eigenvalue weighted by molar-refractivity contribution is -0.134. The largest absolute Gasteiger partial charge is 0.476 e. The molecule has 0 unspecified atom stereocenters. The first-order valence-corrected chi connectivity index (χ1v) is 5.49. The molecule has 0 spiro atoms. The highest BCUT2D eigenvalue weighted by molar-refractivity contribution is 7.23. The fourth-order valence-corrected chi connectivity index (χ4v) is 2.99. The molecule has 5 heteroatoms. The molecule has 2 aromatic heterocycles.